The van der Waals surface area contributed by atoms with Crippen LogP contribution in [0.15, 0.2) is 17.5 Å². The molecule has 1 fully saturated rings. The van der Waals surface area contributed by atoms with Gasteiger partial charge < -0.3 is 15.2 Å². The smallest absolute Gasteiger partial charge is 0.101 e. The highest BCUT2D eigenvalue weighted by Crippen LogP contribution is 2.18. The fourth-order valence-electron chi connectivity index (χ4n) is 1.97. The Morgan fingerprint density at radius 3 is 3.25 bits per heavy atom. The predicted octanol–water partition coefficient (Wildman–Crippen LogP) is 1.80. The van der Waals surface area contributed by atoms with Crippen molar-refractivity contribution in [2.24, 2.45) is 5.92 Å². The van der Waals surface area contributed by atoms with Crippen LogP contribution in [0.2, 0.25) is 0 Å². The Hall–Kier alpha value is -0.420. The fraction of sp³-hybridized carbons (Fsp3) is 0.667. The van der Waals surface area contributed by atoms with Crippen LogP contribution in [-0.4, -0.2) is 31.4 Å². The van der Waals surface area contributed by atoms with Crippen molar-refractivity contribution in [1.29, 1.82) is 0 Å². The average Bonchev–Trinajstić information content (AvgIpc) is 2.84. The number of thiophene rings is 1. The summed E-state index contributed by atoms with van der Waals surface area (Å²) in [5.74, 6) is 0.615. The molecule has 2 atom stereocenters. The summed E-state index contributed by atoms with van der Waals surface area (Å²) >= 11 is 1.60. The molecule has 0 bridgehead atoms. The van der Waals surface area contributed by atoms with Crippen molar-refractivity contribution < 1.29 is 9.84 Å². The lowest BCUT2D eigenvalue weighted by Crippen LogP contribution is -2.31. The molecule has 90 valence electrons. The normalized spacial score (nSPS) is 23.2. The van der Waals surface area contributed by atoms with Crippen LogP contribution in [0.4, 0.5) is 0 Å². The summed E-state index contributed by atoms with van der Waals surface area (Å²) in [6.45, 7) is 3.36. The Labute approximate surface area is 100 Å². The van der Waals surface area contributed by atoms with E-state index in [2.05, 4.69) is 5.32 Å². The van der Waals surface area contributed by atoms with Gasteiger partial charge in [0.1, 0.15) is 6.10 Å². The van der Waals surface area contributed by atoms with Crippen molar-refractivity contribution in [2.45, 2.75) is 18.9 Å². The molecule has 2 heterocycles. The summed E-state index contributed by atoms with van der Waals surface area (Å²) in [7, 11) is 0. The summed E-state index contributed by atoms with van der Waals surface area (Å²) in [4.78, 5) is 1.03. The molecule has 2 rings (SSSR count). The minimum absolute atomic E-state index is 0.371. The molecule has 0 aliphatic carbocycles. The fourth-order valence-corrected chi connectivity index (χ4v) is 2.69. The van der Waals surface area contributed by atoms with Gasteiger partial charge in [-0.25, -0.2) is 0 Å². The monoisotopic (exact) mass is 241 g/mol. The highest BCUT2D eigenvalue weighted by molar-refractivity contribution is 7.10. The summed E-state index contributed by atoms with van der Waals surface area (Å²) in [5.41, 5.74) is 0. The Morgan fingerprint density at radius 2 is 2.56 bits per heavy atom. The van der Waals surface area contributed by atoms with Crippen LogP contribution in [0.5, 0.6) is 0 Å². The molecular weight excluding hydrogens is 222 g/mol. The van der Waals surface area contributed by atoms with Crippen molar-refractivity contribution in [3.63, 3.8) is 0 Å². The van der Waals surface area contributed by atoms with Crippen LogP contribution in [0, 0.1) is 5.92 Å². The number of hydrogen-bond donors (Lipinski definition) is 2. The standard InChI is InChI=1S/C12H19NO2S/c14-11(12-4-2-6-16-12)8-13-7-10-3-1-5-15-9-10/h2,4,6,10-11,13-14H,1,3,5,7-9H2. The predicted molar refractivity (Wildman–Crippen MR) is 65.7 cm³/mol. The van der Waals surface area contributed by atoms with E-state index in [-0.39, 0.29) is 6.10 Å². The first-order valence-corrected chi connectivity index (χ1v) is 6.74. The molecule has 1 aliphatic heterocycles. The van der Waals surface area contributed by atoms with E-state index < -0.39 is 0 Å². The molecule has 0 aromatic carbocycles. The van der Waals surface area contributed by atoms with Crippen molar-refractivity contribution in [2.75, 3.05) is 26.3 Å². The van der Waals surface area contributed by atoms with Gasteiger partial charge in [0, 0.05) is 24.6 Å². The minimum Gasteiger partial charge on any atom is -0.386 e. The lowest BCUT2D eigenvalue weighted by atomic mass is 10.0. The van der Waals surface area contributed by atoms with Crippen molar-refractivity contribution in [3.8, 4) is 0 Å². The summed E-state index contributed by atoms with van der Waals surface area (Å²) in [5, 5.41) is 15.2. The number of nitrogens with one attached hydrogen (secondary N) is 1. The minimum atomic E-state index is -0.371. The van der Waals surface area contributed by atoms with E-state index in [9.17, 15) is 5.11 Å². The second-order valence-corrected chi connectivity index (χ2v) is 5.25. The Morgan fingerprint density at radius 1 is 1.62 bits per heavy atom. The van der Waals surface area contributed by atoms with Gasteiger partial charge in [0.2, 0.25) is 0 Å². The second-order valence-electron chi connectivity index (χ2n) is 4.27. The van der Waals surface area contributed by atoms with E-state index in [4.69, 9.17) is 4.74 Å². The molecule has 1 aromatic heterocycles. The zero-order chi connectivity index (χ0) is 11.2. The largest absolute Gasteiger partial charge is 0.386 e. The first-order valence-electron chi connectivity index (χ1n) is 5.86. The highest BCUT2D eigenvalue weighted by atomic mass is 32.1. The van der Waals surface area contributed by atoms with Gasteiger partial charge >= 0.3 is 0 Å². The maximum absolute atomic E-state index is 9.86. The zero-order valence-electron chi connectivity index (χ0n) is 9.39. The third-order valence-electron chi connectivity index (χ3n) is 2.90. The number of aliphatic hydroxyl groups excluding tert-OH is 1. The average molecular weight is 241 g/mol. The van der Waals surface area contributed by atoms with Crippen LogP contribution in [0.3, 0.4) is 0 Å². The lowest BCUT2D eigenvalue weighted by molar-refractivity contribution is 0.0533. The molecule has 0 amide bonds. The van der Waals surface area contributed by atoms with Crippen LogP contribution in [0.1, 0.15) is 23.8 Å². The van der Waals surface area contributed by atoms with E-state index in [0.717, 1.165) is 24.6 Å². The highest BCUT2D eigenvalue weighted by Gasteiger charge is 2.14. The molecule has 16 heavy (non-hydrogen) atoms. The molecule has 3 nitrogen and oxygen atoms in total. The number of ether oxygens (including phenoxy) is 1. The molecule has 4 heteroatoms. The first kappa shape index (κ1) is 12.0. The molecule has 1 aliphatic rings. The third kappa shape index (κ3) is 3.56. The summed E-state index contributed by atoms with van der Waals surface area (Å²) in [6.07, 6.45) is 2.03. The van der Waals surface area contributed by atoms with Gasteiger partial charge in [0.15, 0.2) is 0 Å². The van der Waals surface area contributed by atoms with Crippen molar-refractivity contribution in [3.05, 3.63) is 22.4 Å². The third-order valence-corrected chi connectivity index (χ3v) is 3.87. The SMILES string of the molecule is OC(CNCC1CCCOC1)c1cccs1. The van der Waals surface area contributed by atoms with Crippen LogP contribution in [-0.2, 0) is 4.74 Å². The Kier molecular flexibility index (Phi) is 4.78. The van der Waals surface area contributed by atoms with Crippen LogP contribution in [0.25, 0.3) is 0 Å². The lowest BCUT2D eigenvalue weighted by Gasteiger charge is -2.22. The quantitative estimate of drug-likeness (QED) is 0.826. The molecular formula is C12H19NO2S. The van der Waals surface area contributed by atoms with Crippen molar-refractivity contribution >= 4 is 11.3 Å². The molecule has 2 unspecified atom stereocenters. The maximum Gasteiger partial charge on any atom is 0.101 e. The number of aliphatic hydroxyl groups is 1. The van der Waals surface area contributed by atoms with E-state index in [1.54, 1.807) is 11.3 Å². The Bertz CT molecular complexity index is 283. The topological polar surface area (TPSA) is 41.5 Å². The molecule has 2 N–H and O–H groups in total. The first-order chi connectivity index (χ1) is 7.86. The second kappa shape index (κ2) is 6.35. The van der Waals surface area contributed by atoms with Gasteiger partial charge in [0.25, 0.3) is 0 Å². The molecule has 1 saturated heterocycles. The maximum atomic E-state index is 9.86. The number of rotatable bonds is 5. The van der Waals surface area contributed by atoms with Crippen LogP contribution < -0.4 is 5.32 Å². The van der Waals surface area contributed by atoms with Gasteiger partial charge in [-0.15, -0.1) is 11.3 Å². The summed E-state index contributed by atoms with van der Waals surface area (Å²) < 4.78 is 5.41. The number of hydrogen-bond acceptors (Lipinski definition) is 4. The van der Waals surface area contributed by atoms with Gasteiger partial charge in [-0.05, 0) is 30.2 Å². The molecule has 1 aromatic rings. The molecule has 0 spiro atoms. The zero-order valence-corrected chi connectivity index (χ0v) is 10.2. The Balaban J connectivity index is 1.63. The van der Waals surface area contributed by atoms with Gasteiger partial charge in [0.05, 0.1) is 6.61 Å². The van der Waals surface area contributed by atoms with Gasteiger partial charge in [-0.3, -0.25) is 0 Å². The molecule has 0 radical (unpaired) electrons. The summed E-state index contributed by atoms with van der Waals surface area (Å²) in [6, 6.07) is 3.94. The molecule has 0 saturated carbocycles. The van der Waals surface area contributed by atoms with E-state index in [1.807, 2.05) is 17.5 Å². The van der Waals surface area contributed by atoms with Crippen LogP contribution >= 0.6 is 11.3 Å². The van der Waals surface area contributed by atoms with E-state index >= 15 is 0 Å². The van der Waals surface area contributed by atoms with Crippen molar-refractivity contribution in [1.82, 2.24) is 5.32 Å². The van der Waals surface area contributed by atoms with Gasteiger partial charge in [-0.2, -0.15) is 0 Å². The van der Waals surface area contributed by atoms with Gasteiger partial charge in [-0.1, -0.05) is 6.07 Å². The van der Waals surface area contributed by atoms with E-state index in [0.29, 0.717) is 12.5 Å². The van der Waals surface area contributed by atoms with E-state index in [1.165, 1.54) is 12.8 Å².